The van der Waals surface area contributed by atoms with Gasteiger partial charge in [0.1, 0.15) is 12.2 Å². The van der Waals surface area contributed by atoms with Gasteiger partial charge in [0.25, 0.3) is 5.69 Å². The first kappa shape index (κ1) is 20.3. The molecule has 0 spiro atoms. The molecule has 0 unspecified atom stereocenters. The molecule has 30 heavy (non-hydrogen) atoms. The monoisotopic (exact) mass is 405 g/mol. The molecule has 1 saturated heterocycles. The molecule has 0 atom stereocenters. The molecule has 0 saturated carbocycles. The van der Waals surface area contributed by atoms with Gasteiger partial charge in [0.2, 0.25) is 0 Å². The lowest BCUT2D eigenvalue weighted by Crippen LogP contribution is -2.34. The fourth-order valence-corrected chi connectivity index (χ4v) is 4.54. The van der Waals surface area contributed by atoms with Crippen molar-refractivity contribution >= 4 is 22.9 Å². The van der Waals surface area contributed by atoms with Crippen LogP contribution in [0.4, 0.5) is 11.4 Å². The number of aliphatic imine (C=N–C) groups is 1. The number of rotatable bonds is 6. The molecule has 0 aliphatic carbocycles. The summed E-state index contributed by atoms with van der Waals surface area (Å²) in [5, 5.41) is 11.9. The van der Waals surface area contributed by atoms with Gasteiger partial charge in [-0.1, -0.05) is 56.5 Å². The molecule has 156 valence electrons. The van der Waals surface area contributed by atoms with Gasteiger partial charge in [0.15, 0.2) is 5.78 Å². The van der Waals surface area contributed by atoms with Crippen LogP contribution in [-0.2, 0) is 0 Å². The zero-order valence-electron chi connectivity index (χ0n) is 17.3. The summed E-state index contributed by atoms with van der Waals surface area (Å²) >= 11 is 0. The third-order valence-corrected chi connectivity index (χ3v) is 6.23. The molecule has 6 nitrogen and oxygen atoms in total. The van der Waals surface area contributed by atoms with E-state index in [0.717, 1.165) is 37.4 Å². The number of hydrogen-bond acceptors (Lipinski definition) is 5. The topological polar surface area (TPSA) is 75.8 Å². The van der Waals surface area contributed by atoms with E-state index < -0.39 is 0 Å². The highest BCUT2D eigenvalue weighted by Gasteiger charge is 2.27. The number of piperidine rings is 1. The Morgan fingerprint density at radius 3 is 2.57 bits per heavy atom. The maximum absolute atomic E-state index is 12.2. The standard InChI is InChI=1S/C24H27N3O3/c1-2-3-6-17-11-13-26(14-12-17)21-10-9-18(15-22(21)27(29)30)24-20-8-5-4-7-19(20)23(28)16-25-24/h4-5,7-10,15,17H,2-3,6,11-14,16H2,1H3. The largest absolute Gasteiger partial charge is 0.366 e. The van der Waals surface area contributed by atoms with E-state index in [1.165, 1.54) is 19.3 Å². The molecule has 2 aromatic rings. The minimum absolute atomic E-state index is 0.0218. The maximum atomic E-state index is 12.2. The Morgan fingerprint density at radius 1 is 1.13 bits per heavy atom. The summed E-state index contributed by atoms with van der Waals surface area (Å²) < 4.78 is 0. The number of carbonyl (C=O) groups is 1. The second-order valence-corrected chi connectivity index (χ2v) is 8.17. The van der Waals surface area contributed by atoms with E-state index in [9.17, 15) is 14.9 Å². The van der Waals surface area contributed by atoms with E-state index in [1.807, 2.05) is 30.3 Å². The predicted molar refractivity (Wildman–Crippen MR) is 119 cm³/mol. The van der Waals surface area contributed by atoms with E-state index in [2.05, 4.69) is 16.8 Å². The average Bonchev–Trinajstić information content (AvgIpc) is 2.78. The van der Waals surface area contributed by atoms with Crippen molar-refractivity contribution in [3.63, 3.8) is 0 Å². The fourth-order valence-electron chi connectivity index (χ4n) is 4.54. The number of anilines is 1. The van der Waals surface area contributed by atoms with Crippen LogP contribution in [0.1, 0.15) is 60.5 Å². The maximum Gasteiger partial charge on any atom is 0.293 e. The van der Waals surface area contributed by atoms with Crippen molar-refractivity contribution in [1.82, 2.24) is 0 Å². The SMILES string of the molecule is CCCCC1CCN(c2ccc(C3=NCC(=O)c4ccccc43)cc2[N+](=O)[O-])CC1. The normalized spacial score (nSPS) is 16.9. The number of Topliss-reactive ketones (excluding diaryl/α,β-unsaturated/α-hetero) is 1. The van der Waals surface area contributed by atoms with Crippen molar-refractivity contribution in [2.75, 3.05) is 24.5 Å². The minimum atomic E-state index is -0.303. The second-order valence-electron chi connectivity index (χ2n) is 8.17. The van der Waals surface area contributed by atoms with Crippen LogP contribution in [0.15, 0.2) is 47.5 Å². The van der Waals surface area contributed by atoms with Crippen LogP contribution in [0.3, 0.4) is 0 Å². The first-order valence-corrected chi connectivity index (χ1v) is 10.8. The number of nitro benzene ring substituents is 1. The van der Waals surface area contributed by atoms with E-state index in [4.69, 9.17) is 0 Å². The van der Waals surface area contributed by atoms with Crippen LogP contribution >= 0.6 is 0 Å². The summed E-state index contributed by atoms with van der Waals surface area (Å²) in [5.41, 5.74) is 3.49. The van der Waals surface area contributed by atoms with Gasteiger partial charge in [-0.25, -0.2) is 0 Å². The van der Waals surface area contributed by atoms with Crippen molar-refractivity contribution in [3.05, 3.63) is 69.3 Å². The fraction of sp³-hybridized carbons (Fsp3) is 0.417. The Balaban J connectivity index is 1.61. The van der Waals surface area contributed by atoms with Crippen LogP contribution < -0.4 is 4.90 Å². The number of fused-ring (bicyclic) bond motifs is 1. The molecule has 4 rings (SSSR count). The third-order valence-electron chi connectivity index (χ3n) is 6.23. The highest BCUT2D eigenvalue weighted by atomic mass is 16.6. The quantitative estimate of drug-likeness (QED) is 0.499. The number of hydrogen-bond donors (Lipinski definition) is 0. The Hall–Kier alpha value is -3.02. The molecule has 2 heterocycles. The Kier molecular flexibility index (Phi) is 5.93. The molecule has 0 N–H and O–H groups in total. The Bertz CT molecular complexity index is 991. The molecule has 0 aromatic heterocycles. The number of nitro groups is 1. The van der Waals surface area contributed by atoms with Gasteiger partial charge >= 0.3 is 0 Å². The van der Waals surface area contributed by atoms with Gasteiger partial charge in [0.05, 0.1) is 10.6 Å². The van der Waals surface area contributed by atoms with Crippen molar-refractivity contribution in [2.24, 2.45) is 10.9 Å². The summed E-state index contributed by atoms with van der Waals surface area (Å²) in [6, 6.07) is 12.7. The number of ketones is 1. The molecule has 2 aliphatic rings. The average molecular weight is 405 g/mol. The van der Waals surface area contributed by atoms with Gasteiger partial charge in [-0.15, -0.1) is 0 Å². The summed E-state index contributed by atoms with van der Waals surface area (Å²) in [6.07, 6.45) is 5.89. The van der Waals surface area contributed by atoms with Crippen LogP contribution in [0.5, 0.6) is 0 Å². The molecule has 0 amide bonds. The van der Waals surface area contributed by atoms with E-state index >= 15 is 0 Å². The zero-order chi connectivity index (χ0) is 21.1. The molecule has 2 aromatic carbocycles. The summed E-state index contributed by atoms with van der Waals surface area (Å²) in [7, 11) is 0. The summed E-state index contributed by atoms with van der Waals surface area (Å²) in [4.78, 5) is 30.3. The lowest BCUT2D eigenvalue weighted by molar-refractivity contribution is -0.384. The lowest BCUT2D eigenvalue weighted by Gasteiger charge is -2.33. The number of nitrogens with zero attached hydrogens (tertiary/aromatic N) is 3. The van der Waals surface area contributed by atoms with Gasteiger partial charge < -0.3 is 4.90 Å². The predicted octanol–water partition coefficient (Wildman–Crippen LogP) is 5.04. The van der Waals surface area contributed by atoms with Crippen LogP contribution in [-0.4, -0.2) is 36.1 Å². The Morgan fingerprint density at radius 2 is 1.87 bits per heavy atom. The highest BCUT2D eigenvalue weighted by Crippen LogP contribution is 2.34. The minimum Gasteiger partial charge on any atom is -0.366 e. The van der Waals surface area contributed by atoms with Crippen LogP contribution in [0.25, 0.3) is 0 Å². The molecule has 1 fully saturated rings. The van der Waals surface area contributed by atoms with Gasteiger partial charge in [-0.2, -0.15) is 0 Å². The van der Waals surface area contributed by atoms with Gasteiger partial charge in [0, 0.05) is 35.8 Å². The first-order valence-electron chi connectivity index (χ1n) is 10.8. The molecular formula is C24H27N3O3. The molecule has 2 aliphatic heterocycles. The molecule has 0 bridgehead atoms. The van der Waals surface area contributed by atoms with E-state index in [1.54, 1.807) is 12.1 Å². The van der Waals surface area contributed by atoms with E-state index in [0.29, 0.717) is 22.5 Å². The van der Waals surface area contributed by atoms with Crippen LogP contribution in [0.2, 0.25) is 0 Å². The molecule has 6 heteroatoms. The van der Waals surface area contributed by atoms with Crippen molar-refractivity contribution in [3.8, 4) is 0 Å². The smallest absolute Gasteiger partial charge is 0.293 e. The van der Waals surface area contributed by atoms with E-state index in [-0.39, 0.29) is 22.9 Å². The highest BCUT2D eigenvalue weighted by molar-refractivity contribution is 6.22. The lowest BCUT2D eigenvalue weighted by atomic mass is 9.90. The van der Waals surface area contributed by atoms with Crippen molar-refractivity contribution in [1.29, 1.82) is 0 Å². The van der Waals surface area contributed by atoms with Crippen molar-refractivity contribution in [2.45, 2.75) is 39.0 Å². The summed E-state index contributed by atoms with van der Waals surface area (Å²) in [6.45, 7) is 4.00. The number of unbranched alkanes of at least 4 members (excludes halogenated alkanes) is 1. The van der Waals surface area contributed by atoms with Crippen molar-refractivity contribution < 1.29 is 9.72 Å². The zero-order valence-corrected chi connectivity index (χ0v) is 17.3. The number of carbonyl (C=O) groups excluding carboxylic acids is 1. The second kappa shape index (κ2) is 8.78. The third kappa shape index (κ3) is 3.99. The van der Waals surface area contributed by atoms with Crippen LogP contribution in [0, 0.1) is 16.0 Å². The van der Waals surface area contributed by atoms with Gasteiger partial charge in [-0.3, -0.25) is 19.9 Å². The summed E-state index contributed by atoms with van der Waals surface area (Å²) in [5.74, 6) is 0.705. The molecule has 0 radical (unpaired) electrons. The first-order chi connectivity index (χ1) is 14.6. The Labute approximate surface area is 176 Å². The molecular weight excluding hydrogens is 378 g/mol. The number of benzene rings is 2. The van der Waals surface area contributed by atoms with Gasteiger partial charge in [-0.05, 0) is 24.8 Å².